The molecule has 0 spiro atoms. The van der Waals surface area contributed by atoms with Gasteiger partial charge in [0.1, 0.15) is 0 Å². The van der Waals surface area contributed by atoms with E-state index >= 15 is 0 Å². The number of benzene rings is 2. The fraction of sp³-hybridized carbons (Fsp3) is 0.158. The quantitative estimate of drug-likeness (QED) is 0.735. The molecule has 0 aromatic heterocycles. The molecule has 0 saturated carbocycles. The first kappa shape index (κ1) is 19.6. The molecule has 0 fully saturated rings. The van der Waals surface area contributed by atoms with Gasteiger partial charge in [0.15, 0.2) is 0 Å². The maximum Gasteiger partial charge on any atom is 0.0997 e. The van der Waals surface area contributed by atoms with Gasteiger partial charge in [0.25, 0.3) is 0 Å². The van der Waals surface area contributed by atoms with E-state index in [1.165, 1.54) is 0 Å². The number of halogens is 2. The van der Waals surface area contributed by atoms with Gasteiger partial charge in [-0.3, -0.25) is 0 Å². The highest BCUT2D eigenvalue weighted by Crippen LogP contribution is 2.17. The summed E-state index contributed by atoms with van der Waals surface area (Å²) in [5.74, 6) is 0. The van der Waals surface area contributed by atoms with Crippen LogP contribution in [0.2, 0.25) is 10.0 Å². The van der Waals surface area contributed by atoms with Crippen LogP contribution in [0.5, 0.6) is 0 Å². The fourth-order valence-corrected chi connectivity index (χ4v) is 2.16. The monoisotopic (exact) mass is 357 g/mol. The highest BCUT2D eigenvalue weighted by atomic mass is 35.5. The van der Waals surface area contributed by atoms with Gasteiger partial charge in [-0.25, -0.2) is 0 Å². The van der Waals surface area contributed by atoms with Crippen molar-refractivity contribution in [2.75, 3.05) is 14.1 Å². The molecule has 0 radical (unpaired) electrons. The van der Waals surface area contributed by atoms with Gasteiger partial charge >= 0.3 is 0 Å². The third-order valence-electron chi connectivity index (χ3n) is 3.00. The second-order valence-electron chi connectivity index (χ2n) is 5.19. The lowest BCUT2D eigenvalue weighted by molar-refractivity contribution is 0.567. The summed E-state index contributed by atoms with van der Waals surface area (Å²) in [4.78, 5) is 1.90. The van der Waals surface area contributed by atoms with Gasteiger partial charge in [0.05, 0.1) is 23.3 Å². The predicted molar refractivity (Wildman–Crippen MR) is 99.8 cm³/mol. The molecule has 2 aromatic rings. The third kappa shape index (κ3) is 6.34. The van der Waals surface area contributed by atoms with Crippen LogP contribution in [0.4, 0.5) is 0 Å². The Labute approximate surface area is 153 Å². The van der Waals surface area contributed by atoms with Crippen LogP contribution in [-0.4, -0.2) is 19.0 Å². The molecule has 0 N–H and O–H groups in total. The van der Waals surface area contributed by atoms with Crippen molar-refractivity contribution < 1.29 is 0 Å². The number of hydrogen-bond donors (Lipinski definition) is 0. The van der Waals surface area contributed by atoms with E-state index in [9.17, 15) is 0 Å². The zero-order chi connectivity index (χ0) is 18.1. The summed E-state index contributed by atoms with van der Waals surface area (Å²) in [7, 11) is 3.85. The summed E-state index contributed by atoms with van der Waals surface area (Å²) in [6, 6.07) is 14.6. The average Bonchev–Trinajstić information content (AvgIpc) is 2.54. The second kappa shape index (κ2) is 9.63. The fourth-order valence-electron chi connectivity index (χ4n) is 1.76. The minimum Gasteiger partial charge on any atom is -0.383 e. The Bertz CT molecular complexity index is 812. The Morgan fingerprint density at radius 3 is 1.96 bits per heavy atom. The Morgan fingerprint density at radius 1 is 0.917 bits per heavy atom. The summed E-state index contributed by atoms with van der Waals surface area (Å²) in [6.07, 6.45) is 3.75. The van der Waals surface area contributed by atoms with Crippen LogP contribution >= 0.6 is 23.2 Å². The molecule has 0 aliphatic carbocycles. The zero-order valence-electron chi connectivity index (χ0n) is 13.7. The molecule has 0 aliphatic heterocycles. The smallest absolute Gasteiger partial charge is 0.0997 e. The first-order valence-electron chi connectivity index (χ1n) is 7.08. The van der Waals surface area contributed by atoms with Gasteiger partial charge in [0.2, 0.25) is 0 Å². The van der Waals surface area contributed by atoms with Crippen LogP contribution in [0.3, 0.4) is 0 Å². The van der Waals surface area contributed by atoms with Crippen LogP contribution in [-0.2, 0) is 0 Å². The van der Waals surface area contributed by atoms with Crippen LogP contribution in [0.15, 0.2) is 42.6 Å². The highest BCUT2D eigenvalue weighted by molar-refractivity contribution is 6.31. The summed E-state index contributed by atoms with van der Waals surface area (Å²) >= 11 is 11.5. The third-order valence-corrected chi connectivity index (χ3v) is 3.47. The molecule has 0 saturated heterocycles. The van der Waals surface area contributed by atoms with E-state index < -0.39 is 0 Å². The van der Waals surface area contributed by atoms with Gasteiger partial charge in [-0.05, 0) is 66.7 Å². The Kier molecular flexibility index (Phi) is 7.86. The lowest BCUT2D eigenvalue weighted by Gasteiger charge is -2.04. The normalized spacial score (nSPS) is 9.62. The maximum absolute atomic E-state index is 8.83. The minimum atomic E-state index is 0.632. The largest absolute Gasteiger partial charge is 0.383 e. The molecule has 0 bridgehead atoms. The Balaban J connectivity index is 0.000000254. The van der Waals surface area contributed by atoms with Crippen molar-refractivity contribution in [3.05, 3.63) is 74.9 Å². The molecule has 2 aromatic carbocycles. The zero-order valence-corrected chi connectivity index (χ0v) is 15.2. The molecule has 0 amide bonds. The molecule has 0 aliphatic rings. The van der Waals surface area contributed by atoms with Crippen LogP contribution < -0.4 is 0 Å². The van der Waals surface area contributed by atoms with Gasteiger partial charge in [-0.15, -0.1) is 0 Å². The van der Waals surface area contributed by atoms with E-state index in [0.29, 0.717) is 21.2 Å². The van der Waals surface area contributed by atoms with E-state index in [1.807, 2.05) is 38.2 Å². The number of nitrogens with zero attached hydrogens (tertiary/aromatic N) is 3. The van der Waals surface area contributed by atoms with E-state index in [1.54, 1.807) is 36.4 Å². The standard InChI is InChI=1S/C11H11ClN2.C8H6ClN/c1-14(2)6-5-9-7-11(12)4-3-10(9)8-13;1-6-4-8(9)3-2-7(6)5-10/h3-7H,1-2H3;2-4H,1H3/b6-5+;. The van der Waals surface area contributed by atoms with Gasteiger partial charge in [0, 0.05) is 24.1 Å². The lowest BCUT2D eigenvalue weighted by atomic mass is 10.1. The van der Waals surface area contributed by atoms with Crippen molar-refractivity contribution in [2.24, 2.45) is 0 Å². The van der Waals surface area contributed by atoms with Gasteiger partial charge < -0.3 is 4.90 Å². The maximum atomic E-state index is 8.83. The Hall–Kier alpha value is -2.46. The summed E-state index contributed by atoms with van der Waals surface area (Å²) in [5, 5.41) is 18.7. The molecule has 24 heavy (non-hydrogen) atoms. The van der Waals surface area contributed by atoms with Gasteiger partial charge in [-0.1, -0.05) is 23.2 Å². The highest BCUT2D eigenvalue weighted by Gasteiger charge is 1.99. The summed E-state index contributed by atoms with van der Waals surface area (Å²) < 4.78 is 0. The van der Waals surface area contributed by atoms with E-state index in [2.05, 4.69) is 12.1 Å². The lowest BCUT2D eigenvalue weighted by Crippen LogP contribution is -1.99. The van der Waals surface area contributed by atoms with E-state index in [0.717, 1.165) is 11.1 Å². The van der Waals surface area contributed by atoms with Crippen LogP contribution in [0.25, 0.3) is 6.08 Å². The Morgan fingerprint density at radius 2 is 1.46 bits per heavy atom. The topological polar surface area (TPSA) is 50.8 Å². The van der Waals surface area contributed by atoms with E-state index in [-0.39, 0.29) is 0 Å². The molecule has 3 nitrogen and oxygen atoms in total. The summed E-state index contributed by atoms with van der Waals surface area (Å²) in [5.41, 5.74) is 3.08. The van der Waals surface area contributed by atoms with Crippen molar-refractivity contribution >= 4 is 29.3 Å². The van der Waals surface area contributed by atoms with Crippen molar-refractivity contribution in [3.63, 3.8) is 0 Å². The van der Waals surface area contributed by atoms with Crippen molar-refractivity contribution in [2.45, 2.75) is 6.92 Å². The van der Waals surface area contributed by atoms with Crippen LogP contribution in [0, 0.1) is 29.6 Å². The number of rotatable bonds is 2. The molecular formula is C19H17Cl2N3. The summed E-state index contributed by atoms with van der Waals surface area (Å²) in [6.45, 7) is 1.87. The van der Waals surface area contributed by atoms with Crippen molar-refractivity contribution in [1.29, 1.82) is 10.5 Å². The number of nitriles is 2. The van der Waals surface area contributed by atoms with Crippen molar-refractivity contribution in [3.8, 4) is 12.1 Å². The van der Waals surface area contributed by atoms with Crippen molar-refractivity contribution in [1.82, 2.24) is 4.90 Å². The van der Waals surface area contributed by atoms with Gasteiger partial charge in [-0.2, -0.15) is 10.5 Å². The molecule has 0 heterocycles. The van der Waals surface area contributed by atoms with Crippen LogP contribution in [0.1, 0.15) is 22.3 Å². The second-order valence-corrected chi connectivity index (χ2v) is 6.07. The molecule has 5 heteroatoms. The number of aryl methyl sites for hydroxylation is 1. The predicted octanol–water partition coefficient (Wildman–Crippen LogP) is 5.26. The molecule has 122 valence electrons. The molecule has 0 atom stereocenters. The molecule has 2 rings (SSSR count). The minimum absolute atomic E-state index is 0.632. The number of hydrogen-bond acceptors (Lipinski definition) is 3. The first-order chi connectivity index (χ1) is 11.4. The molecular weight excluding hydrogens is 341 g/mol. The molecule has 0 unspecified atom stereocenters. The van der Waals surface area contributed by atoms with E-state index in [4.69, 9.17) is 33.7 Å². The first-order valence-corrected chi connectivity index (χ1v) is 7.83. The average molecular weight is 358 g/mol. The SMILES string of the molecule is CN(C)/C=C/c1cc(Cl)ccc1C#N.Cc1cc(Cl)ccc1C#N.